The second-order valence-electron chi connectivity index (χ2n) is 4.49. The summed E-state index contributed by atoms with van der Waals surface area (Å²) >= 11 is 0. The summed E-state index contributed by atoms with van der Waals surface area (Å²) in [5, 5.41) is 16.3. The highest BCUT2D eigenvalue weighted by Crippen LogP contribution is 2.04. The third-order valence-electron chi connectivity index (χ3n) is 2.89. The second kappa shape index (κ2) is 7.88. The fourth-order valence-corrected chi connectivity index (χ4v) is 1.66. The molecule has 1 unspecified atom stereocenters. The molecule has 1 rings (SSSR count). The highest BCUT2D eigenvalue weighted by Gasteiger charge is 2.13. The van der Waals surface area contributed by atoms with Crippen molar-refractivity contribution >= 4 is 17.9 Å². The lowest BCUT2D eigenvalue weighted by molar-refractivity contribution is -0.122. The summed E-state index contributed by atoms with van der Waals surface area (Å²) in [7, 11) is 1.50. The van der Waals surface area contributed by atoms with Crippen LogP contribution in [0.3, 0.4) is 0 Å². The molecule has 1 aromatic rings. The van der Waals surface area contributed by atoms with Gasteiger partial charge < -0.3 is 21.1 Å². The standard InChI is InChI=1S/C14H19N3O4/c1-9(12(18)15-2)17-14(21)16-8-7-10-3-5-11(6-4-10)13(19)20/h3-6,9H,7-8H2,1-2H3,(H,15,18)(H,19,20)(H2,16,17,21). The van der Waals surface area contributed by atoms with Crippen molar-refractivity contribution in [3.63, 3.8) is 0 Å². The maximum Gasteiger partial charge on any atom is 0.335 e. The summed E-state index contributed by atoms with van der Waals surface area (Å²) in [6, 6.07) is 5.42. The van der Waals surface area contributed by atoms with Gasteiger partial charge in [0.15, 0.2) is 0 Å². The third-order valence-corrected chi connectivity index (χ3v) is 2.89. The molecule has 0 aliphatic heterocycles. The van der Waals surface area contributed by atoms with Crippen LogP contribution in [0.15, 0.2) is 24.3 Å². The summed E-state index contributed by atoms with van der Waals surface area (Å²) in [6.45, 7) is 1.97. The maximum absolute atomic E-state index is 11.5. The highest BCUT2D eigenvalue weighted by molar-refractivity contribution is 5.87. The number of hydrogen-bond acceptors (Lipinski definition) is 3. The van der Waals surface area contributed by atoms with Crippen LogP contribution in [0, 0.1) is 0 Å². The number of nitrogens with one attached hydrogen (secondary N) is 3. The molecule has 3 amide bonds. The lowest BCUT2D eigenvalue weighted by Gasteiger charge is -2.13. The molecule has 1 aromatic carbocycles. The van der Waals surface area contributed by atoms with E-state index in [1.807, 2.05) is 0 Å². The third kappa shape index (κ3) is 5.52. The van der Waals surface area contributed by atoms with Gasteiger partial charge in [0.05, 0.1) is 5.56 Å². The van der Waals surface area contributed by atoms with Gasteiger partial charge in [-0.25, -0.2) is 9.59 Å². The molecular formula is C14H19N3O4. The molecule has 0 spiro atoms. The number of carbonyl (C=O) groups is 3. The average Bonchev–Trinajstić information content (AvgIpc) is 2.46. The Balaban J connectivity index is 2.34. The Hall–Kier alpha value is -2.57. The lowest BCUT2D eigenvalue weighted by atomic mass is 10.1. The fraction of sp³-hybridized carbons (Fsp3) is 0.357. The zero-order chi connectivity index (χ0) is 15.8. The molecule has 0 aromatic heterocycles. The van der Waals surface area contributed by atoms with Gasteiger partial charge in [-0.2, -0.15) is 0 Å². The number of urea groups is 1. The van der Waals surface area contributed by atoms with Gasteiger partial charge in [0.1, 0.15) is 6.04 Å². The number of carboxylic acids is 1. The molecule has 0 heterocycles. The van der Waals surface area contributed by atoms with Gasteiger partial charge in [0.25, 0.3) is 0 Å². The summed E-state index contributed by atoms with van der Waals surface area (Å²) in [5.74, 6) is -1.24. The Morgan fingerprint density at radius 2 is 1.81 bits per heavy atom. The molecule has 0 aliphatic carbocycles. The minimum Gasteiger partial charge on any atom is -0.478 e. The summed E-state index contributed by atoms with van der Waals surface area (Å²) in [5.41, 5.74) is 1.14. The predicted octanol–water partition coefficient (Wildman–Crippen LogP) is 0.361. The number of likely N-dealkylation sites (N-methyl/N-ethyl adjacent to an activating group) is 1. The largest absolute Gasteiger partial charge is 0.478 e. The van der Waals surface area contributed by atoms with E-state index in [1.165, 1.54) is 19.2 Å². The average molecular weight is 293 g/mol. The number of carbonyl (C=O) groups excluding carboxylic acids is 2. The predicted molar refractivity (Wildman–Crippen MR) is 77.2 cm³/mol. The molecule has 0 saturated carbocycles. The van der Waals surface area contributed by atoms with Crippen molar-refractivity contribution < 1.29 is 19.5 Å². The van der Waals surface area contributed by atoms with Crippen LogP contribution in [0.2, 0.25) is 0 Å². The quantitative estimate of drug-likeness (QED) is 0.607. The Morgan fingerprint density at radius 3 is 2.33 bits per heavy atom. The van der Waals surface area contributed by atoms with Crippen molar-refractivity contribution in [2.75, 3.05) is 13.6 Å². The van der Waals surface area contributed by atoms with Gasteiger partial charge >= 0.3 is 12.0 Å². The van der Waals surface area contributed by atoms with Crippen molar-refractivity contribution in [1.82, 2.24) is 16.0 Å². The molecule has 4 N–H and O–H groups in total. The molecule has 0 radical (unpaired) electrons. The summed E-state index contributed by atoms with van der Waals surface area (Å²) in [4.78, 5) is 33.5. The number of rotatable bonds is 6. The van der Waals surface area contributed by atoms with Crippen LogP contribution in [0.1, 0.15) is 22.8 Å². The van der Waals surface area contributed by atoms with Crippen LogP contribution in [0.4, 0.5) is 4.79 Å². The molecule has 0 aliphatic rings. The molecule has 7 heteroatoms. The van der Waals surface area contributed by atoms with E-state index < -0.39 is 18.0 Å². The van der Waals surface area contributed by atoms with Crippen LogP contribution in [-0.4, -0.2) is 42.6 Å². The van der Waals surface area contributed by atoms with Crippen molar-refractivity contribution in [1.29, 1.82) is 0 Å². The molecular weight excluding hydrogens is 274 g/mol. The molecule has 21 heavy (non-hydrogen) atoms. The second-order valence-corrected chi connectivity index (χ2v) is 4.49. The molecule has 1 atom stereocenters. The van der Waals surface area contributed by atoms with Crippen LogP contribution >= 0.6 is 0 Å². The number of carboxylic acid groups (broad SMARTS) is 1. The zero-order valence-corrected chi connectivity index (χ0v) is 12.0. The van der Waals surface area contributed by atoms with Gasteiger partial charge in [-0.05, 0) is 31.0 Å². The first kappa shape index (κ1) is 16.5. The van der Waals surface area contributed by atoms with Gasteiger partial charge in [-0.1, -0.05) is 12.1 Å². The van der Waals surface area contributed by atoms with Crippen molar-refractivity contribution in [2.24, 2.45) is 0 Å². The van der Waals surface area contributed by atoms with E-state index in [4.69, 9.17) is 5.11 Å². The van der Waals surface area contributed by atoms with Gasteiger partial charge in [0, 0.05) is 13.6 Å². The summed E-state index contributed by atoms with van der Waals surface area (Å²) < 4.78 is 0. The smallest absolute Gasteiger partial charge is 0.335 e. The highest BCUT2D eigenvalue weighted by atomic mass is 16.4. The maximum atomic E-state index is 11.5. The Bertz CT molecular complexity index is 513. The summed E-state index contributed by atoms with van der Waals surface area (Å²) in [6.07, 6.45) is 0.571. The van der Waals surface area contributed by atoms with Crippen LogP contribution < -0.4 is 16.0 Å². The van der Waals surface area contributed by atoms with E-state index in [0.29, 0.717) is 13.0 Å². The minimum atomic E-state index is -0.970. The van der Waals surface area contributed by atoms with Crippen molar-refractivity contribution in [3.8, 4) is 0 Å². The monoisotopic (exact) mass is 293 g/mol. The van der Waals surface area contributed by atoms with E-state index in [-0.39, 0.29) is 11.5 Å². The van der Waals surface area contributed by atoms with Gasteiger partial charge in [-0.15, -0.1) is 0 Å². The van der Waals surface area contributed by atoms with E-state index in [2.05, 4.69) is 16.0 Å². The number of aromatic carboxylic acids is 1. The van der Waals surface area contributed by atoms with Crippen LogP contribution in [0.25, 0.3) is 0 Å². The fourth-order valence-electron chi connectivity index (χ4n) is 1.66. The lowest BCUT2D eigenvalue weighted by Crippen LogP contribution is -2.48. The van der Waals surface area contributed by atoms with E-state index in [1.54, 1.807) is 19.1 Å². The van der Waals surface area contributed by atoms with Crippen molar-refractivity contribution in [3.05, 3.63) is 35.4 Å². The van der Waals surface area contributed by atoms with Gasteiger partial charge in [-0.3, -0.25) is 4.79 Å². The molecule has 0 saturated heterocycles. The normalized spacial score (nSPS) is 11.3. The first-order chi connectivity index (χ1) is 9.93. The SMILES string of the molecule is CNC(=O)C(C)NC(=O)NCCc1ccc(C(=O)O)cc1. The topological polar surface area (TPSA) is 108 Å². The van der Waals surface area contributed by atoms with Crippen LogP contribution in [-0.2, 0) is 11.2 Å². The van der Waals surface area contributed by atoms with Gasteiger partial charge in [0.2, 0.25) is 5.91 Å². The molecule has 0 bridgehead atoms. The molecule has 0 fully saturated rings. The Morgan fingerprint density at radius 1 is 1.19 bits per heavy atom. The number of hydrogen-bond donors (Lipinski definition) is 4. The van der Waals surface area contributed by atoms with E-state index in [0.717, 1.165) is 5.56 Å². The van der Waals surface area contributed by atoms with E-state index in [9.17, 15) is 14.4 Å². The van der Waals surface area contributed by atoms with E-state index >= 15 is 0 Å². The Kier molecular flexibility index (Phi) is 6.19. The first-order valence-electron chi connectivity index (χ1n) is 6.52. The molecule has 7 nitrogen and oxygen atoms in total. The number of amides is 3. The minimum absolute atomic E-state index is 0.226. The first-order valence-corrected chi connectivity index (χ1v) is 6.52. The van der Waals surface area contributed by atoms with Crippen molar-refractivity contribution in [2.45, 2.75) is 19.4 Å². The van der Waals surface area contributed by atoms with Crippen LogP contribution in [0.5, 0.6) is 0 Å². The Labute approximate surface area is 122 Å². The number of benzene rings is 1. The molecule has 114 valence electrons. The zero-order valence-electron chi connectivity index (χ0n) is 12.0.